The van der Waals surface area contributed by atoms with Crippen LogP contribution in [0, 0.1) is 23.2 Å². The Morgan fingerprint density at radius 2 is 1.81 bits per heavy atom. The summed E-state index contributed by atoms with van der Waals surface area (Å²) < 4.78 is 5.56. The summed E-state index contributed by atoms with van der Waals surface area (Å²) in [7, 11) is -1.54. The molecule has 0 aromatic heterocycles. The molecule has 0 heterocycles. The summed E-state index contributed by atoms with van der Waals surface area (Å²) in [5, 5.41) is 13.1. The Labute approximate surface area is 99.6 Å². The molecule has 0 N–H and O–H groups in total. The third kappa shape index (κ3) is 4.36. The lowest BCUT2D eigenvalue weighted by Crippen LogP contribution is -2.25. The van der Waals surface area contributed by atoms with Gasteiger partial charge in [-0.15, -0.1) is 5.16 Å². The van der Waals surface area contributed by atoms with Gasteiger partial charge in [-0.2, -0.15) is 5.26 Å². The molecule has 0 spiro atoms. The first-order valence-corrected chi connectivity index (χ1v) is 9.45. The van der Waals surface area contributed by atoms with Crippen molar-refractivity contribution >= 4 is 14.0 Å². The summed E-state index contributed by atoms with van der Waals surface area (Å²) in [4.78, 5) is 0. The van der Waals surface area contributed by atoms with Gasteiger partial charge in [0.2, 0.25) is 0 Å². The highest BCUT2D eigenvalue weighted by molar-refractivity contribution is 6.69. The Balaban J connectivity index is 2.44. The molecule has 0 bridgehead atoms. The predicted molar refractivity (Wildman–Crippen MR) is 68.6 cm³/mol. The Morgan fingerprint density at radius 3 is 2.25 bits per heavy atom. The van der Waals surface area contributed by atoms with Gasteiger partial charge in [-0.1, -0.05) is 0 Å². The molecule has 90 valence electrons. The largest absolute Gasteiger partial charge is 0.456 e. The first kappa shape index (κ1) is 13.2. The molecule has 0 aromatic carbocycles. The SMILES string of the molecule is C/C(=N\O[Si](C)(C)C)C1CCC(C#N)CC1. The molecule has 0 unspecified atom stereocenters. The van der Waals surface area contributed by atoms with Crippen molar-refractivity contribution in [1.82, 2.24) is 0 Å². The highest BCUT2D eigenvalue weighted by Crippen LogP contribution is 2.29. The Kier molecular flexibility index (Phi) is 4.54. The van der Waals surface area contributed by atoms with Crippen molar-refractivity contribution < 1.29 is 4.53 Å². The molecule has 3 nitrogen and oxygen atoms in total. The van der Waals surface area contributed by atoms with Crippen LogP contribution in [0.15, 0.2) is 5.16 Å². The molecule has 16 heavy (non-hydrogen) atoms. The molecule has 1 fully saturated rings. The highest BCUT2D eigenvalue weighted by Gasteiger charge is 2.24. The minimum absolute atomic E-state index is 0.266. The minimum Gasteiger partial charge on any atom is -0.456 e. The van der Waals surface area contributed by atoms with E-state index in [1.807, 2.05) is 0 Å². The van der Waals surface area contributed by atoms with Gasteiger partial charge >= 0.3 is 0 Å². The van der Waals surface area contributed by atoms with E-state index >= 15 is 0 Å². The maximum atomic E-state index is 8.83. The molecule has 0 radical (unpaired) electrons. The molecule has 1 aliphatic rings. The third-order valence-corrected chi connectivity index (χ3v) is 3.60. The summed E-state index contributed by atoms with van der Waals surface area (Å²) in [6.45, 7) is 8.46. The van der Waals surface area contributed by atoms with Crippen molar-refractivity contribution in [1.29, 1.82) is 5.26 Å². The van der Waals surface area contributed by atoms with Gasteiger partial charge in [-0.25, -0.2) is 0 Å². The van der Waals surface area contributed by atoms with Crippen LogP contribution in [0.4, 0.5) is 0 Å². The molecule has 1 rings (SSSR count). The number of nitrogens with zero attached hydrogens (tertiary/aromatic N) is 2. The zero-order valence-corrected chi connectivity index (χ0v) is 11.8. The van der Waals surface area contributed by atoms with Crippen LogP contribution in [0.5, 0.6) is 0 Å². The second-order valence-electron chi connectivity index (χ2n) is 5.61. The average molecular weight is 238 g/mol. The number of hydrogen-bond donors (Lipinski definition) is 0. The Bertz CT molecular complexity index is 293. The molecule has 4 heteroatoms. The van der Waals surface area contributed by atoms with Crippen molar-refractivity contribution in [3.63, 3.8) is 0 Å². The highest BCUT2D eigenvalue weighted by atomic mass is 28.4. The predicted octanol–water partition coefficient (Wildman–Crippen LogP) is 3.54. The molecule has 0 aliphatic heterocycles. The van der Waals surface area contributed by atoms with E-state index < -0.39 is 8.32 Å². The van der Waals surface area contributed by atoms with Crippen LogP contribution in [0.1, 0.15) is 32.6 Å². The lowest BCUT2D eigenvalue weighted by atomic mass is 9.81. The average Bonchev–Trinajstić information content (AvgIpc) is 2.25. The summed E-state index contributed by atoms with van der Waals surface area (Å²) in [6.07, 6.45) is 4.20. The molecule has 1 saturated carbocycles. The van der Waals surface area contributed by atoms with E-state index in [2.05, 4.69) is 37.8 Å². The molecular weight excluding hydrogens is 216 g/mol. The molecule has 0 aromatic rings. The van der Waals surface area contributed by atoms with Gasteiger partial charge in [0.25, 0.3) is 8.32 Å². The van der Waals surface area contributed by atoms with E-state index in [0.29, 0.717) is 5.92 Å². The zero-order valence-electron chi connectivity index (χ0n) is 10.8. The summed E-state index contributed by atoms with van der Waals surface area (Å²) in [6, 6.07) is 2.36. The van der Waals surface area contributed by atoms with Crippen molar-refractivity contribution in [2.45, 2.75) is 52.2 Å². The van der Waals surface area contributed by atoms with Gasteiger partial charge in [0.1, 0.15) is 0 Å². The smallest absolute Gasteiger partial charge is 0.278 e. The van der Waals surface area contributed by atoms with Crippen LogP contribution >= 0.6 is 0 Å². The monoisotopic (exact) mass is 238 g/mol. The molecule has 0 amide bonds. The Morgan fingerprint density at radius 1 is 1.25 bits per heavy atom. The van der Waals surface area contributed by atoms with E-state index in [0.717, 1.165) is 31.4 Å². The molecular formula is C12H22N2OSi. The molecule has 0 atom stereocenters. The standard InChI is InChI=1S/C12H22N2OSi/c1-10(14-15-16(2,3)4)12-7-5-11(9-13)6-8-12/h11-12H,5-8H2,1-4H3/b14-10+. The first-order chi connectivity index (χ1) is 7.42. The fourth-order valence-corrected chi connectivity index (χ4v) is 2.34. The lowest BCUT2D eigenvalue weighted by molar-refractivity contribution is 0.319. The first-order valence-electron chi connectivity index (χ1n) is 6.04. The van der Waals surface area contributed by atoms with E-state index in [9.17, 15) is 0 Å². The van der Waals surface area contributed by atoms with E-state index in [-0.39, 0.29) is 5.92 Å². The zero-order chi connectivity index (χ0) is 12.2. The van der Waals surface area contributed by atoms with Gasteiger partial charge in [-0.3, -0.25) is 0 Å². The fraction of sp³-hybridized carbons (Fsp3) is 0.833. The minimum atomic E-state index is -1.54. The van der Waals surface area contributed by atoms with Gasteiger partial charge in [-0.05, 0) is 52.2 Å². The normalized spacial score (nSPS) is 27.3. The van der Waals surface area contributed by atoms with Crippen molar-refractivity contribution in [2.24, 2.45) is 17.0 Å². The maximum Gasteiger partial charge on any atom is 0.278 e. The van der Waals surface area contributed by atoms with Crippen molar-refractivity contribution in [3.8, 4) is 6.07 Å². The molecule has 0 saturated heterocycles. The van der Waals surface area contributed by atoms with Crippen molar-refractivity contribution in [3.05, 3.63) is 0 Å². The van der Waals surface area contributed by atoms with Gasteiger partial charge in [0.05, 0.1) is 11.8 Å². The number of rotatable bonds is 3. The third-order valence-electron chi connectivity index (χ3n) is 2.96. The van der Waals surface area contributed by atoms with E-state index in [1.54, 1.807) is 0 Å². The molecule has 1 aliphatic carbocycles. The summed E-state index contributed by atoms with van der Waals surface area (Å²) >= 11 is 0. The maximum absolute atomic E-state index is 8.83. The summed E-state index contributed by atoms with van der Waals surface area (Å²) in [5.41, 5.74) is 1.11. The van der Waals surface area contributed by atoms with Gasteiger partial charge in [0, 0.05) is 11.8 Å². The van der Waals surface area contributed by atoms with E-state index in [1.165, 1.54) is 0 Å². The number of nitriles is 1. The van der Waals surface area contributed by atoms with Gasteiger partial charge in [0.15, 0.2) is 0 Å². The number of hydrogen-bond acceptors (Lipinski definition) is 3. The van der Waals surface area contributed by atoms with Crippen LogP contribution in [0.2, 0.25) is 19.6 Å². The van der Waals surface area contributed by atoms with Crippen LogP contribution in [0.25, 0.3) is 0 Å². The van der Waals surface area contributed by atoms with Crippen molar-refractivity contribution in [2.75, 3.05) is 0 Å². The lowest BCUT2D eigenvalue weighted by Gasteiger charge is -2.25. The quantitative estimate of drug-likeness (QED) is 0.429. The second kappa shape index (κ2) is 5.49. The fourth-order valence-electron chi connectivity index (χ4n) is 1.92. The summed E-state index contributed by atoms with van der Waals surface area (Å²) in [5.74, 6) is 0.794. The van der Waals surface area contributed by atoms with E-state index in [4.69, 9.17) is 9.79 Å². The van der Waals surface area contributed by atoms with Crippen LogP contribution in [-0.4, -0.2) is 14.0 Å². The second-order valence-corrected chi connectivity index (χ2v) is 10.0. The van der Waals surface area contributed by atoms with Crippen LogP contribution in [0.3, 0.4) is 0 Å². The van der Waals surface area contributed by atoms with Gasteiger partial charge < -0.3 is 4.53 Å². The topological polar surface area (TPSA) is 45.4 Å². The van der Waals surface area contributed by atoms with Crippen LogP contribution in [-0.2, 0) is 4.53 Å². The Hall–Kier alpha value is -0.823. The number of oxime groups is 1. The van der Waals surface area contributed by atoms with Crippen LogP contribution < -0.4 is 0 Å².